The Labute approximate surface area is 98.7 Å². The molecule has 0 radical (unpaired) electrons. The third-order valence-corrected chi connectivity index (χ3v) is 2.62. The molecule has 0 bridgehead atoms. The number of aryl methyl sites for hydroxylation is 1. The Balaban J connectivity index is 3.54. The molecule has 88 valence electrons. The Bertz CT molecular complexity index is 415. The van der Waals surface area contributed by atoms with Gasteiger partial charge in [-0.2, -0.15) is 0 Å². The monoisotopic (exact) mass is 244 g/mol. The molecule has 0 aliphatic heterocycles. The van der Waals surface area contributed by atoms with Gasteiger partial charge in [0.1, 0.15) is 16.3 Å². The maximum absolute atomic E-state index is 11.0. The van der Waals surface area contributed by atoms with E-state index in [4.69, 9.17) is 26.2 Å². The minimum Gasteiger partial charge on any atom is -0.495 e. The summed E-state index contributed by atoms with van der Waals surface area (Å²) in [6, 6.07) is 1.52. The van der Waals surface area contributed by atoms with Crippen LogP contribution in [0, 0.1) is 0 Å². The van der Waals surface area contributed by atoms with E-state index in [1.165, 1.54) is 20.3 Å². The zero-order valence-corrected chi connectivity index (χ0v) is 10.1. The van der Waals surface area contributed by atoms with Crippen molar-refractivity contribution in [3.8, 4) is 11.5 Å². The van der Waals surface area contributed by atoms with Gasteiger partial charge in [-0.1, -0.05) is 18.5 Å². The van der Waals surface area contributed by atoms with Crippen LogP contribution in [0.1, 0.15) is 22.8 Å². The number of halogens is 1. The topological polar surface area (TPSA) is 55.8 Å². The molecule has 1 aromatic rings. The summed E-state index contributed by atoms with van der Waals surface area (Å²) >= 11 is 6.03. The molecule has 0 saturated heterocycles. The molecule has 1 N–H and O–H groups in total. The van der Waals surface area contributed by atoms with Crippen molar-refractivity contribution >= 4 is 17.6 Å². The number of methoxy groups -OCH3 is 2. The largest absolute Gasteiger partial charge is 0.495 e. The maximum atomic E-state index is 11.0. The van der Waals surface area contributed by atoms with Gasteiger partial charge >= 0.3 is 5.97 Å². The highest BCUT2D eigenvalue weighted by Gasteiger charge is 2.21. The molecule has 0 aromatic heterocycles. The fourth-order valence-corrected chi connectivity index (χ4v) is 1.89. The average molecular weight is 245 g/mol. The van der Waals surface area contributed by atoms with Crippen molar-refractivity contribution in [3.05, 3.63) is 22.2 Å². The second-order valence-corrected chi connectivity index (χ2v) is 3.50. The molecule has 0 unspecified atom stereocenters. The van der Waals surface area contributed by atoms with Crippen molar-refractivity contribution in [2.75, 3.05) is 14.2 Å². The lowest BCUT2D eigenvalue weighted by Gasteiger charge is -2.14. The summed E-state index contributed by atoms with van der Waals surface area (Å²) in [6.45, 7) is 1.90. The predicted octanol–water partition coefficient (Wildman–Crippen LogP) is 2.62. The number of benzene rings is 1. The molecule has 5 heteroatoms. The fraction of sp³-hybridized carbons (Fsp3) is 0.364. The summed E-state index contributed by atoms with van der Waals surface area (Å²) in [4.78, 5) is 11.0. The van der Waals surface area contributed by atoms with E-state index in [-0.39, 0.29) is 16.3 Å². The molecule has 0 aliphatic rings. The van der Waals surface area contributed by atoms with E-state index in [9.17, 15) is 4.79 Å². The van der Waals surface area contributed by atoms with Crippen LogP contribution in [-0.4, -0.2) is 25.3 Å². The Morgan fingerprint density at radius 3 is 2.31 bits per heavy atom. The van der Waals surface area contributed by atoms with Crippen molar-refractivity contribution < 1.29 is 19.4 Å². The zero-order chi connectivity index (χ0) is 12.3. The van der Waals surface area contributed by atoms with E-state index in [1.54, 1.807) is 0 Å². The first-order valence-corrected chi connectivity index (χ1v) is 5.11. The van der Waals surface area contributed by atoms with E-state index in [2.05, 4.69) is 0 Å². The number of hydrogen-bond acceptors (Lipinski definition) is 3. The average Bonchev–Trinajstić information content (AvgIpc) is 2.27. The van der Waals surface area contributed by atoms with Gasteiger partial charge in [0.05, 0.1) is 14.2 Å². The minimum absolute atomic E-state index is 0.0464. The van der Waals surface area contributed by atoms with Gasteiger partial charge in [-0.3, -0.25) is 0 Å². The van der Waals surface area contributed by atoms with Gasteiger partial charge in [-0.25, -0.2) is 4.79 Å². The number of ether oxygens (including phenoxy) is 2. The van der Waals surface area contributed by atoms with E-state index < -0.39 is 5.97 Å². The summed E-state index contributed by atoms with van der Waals surface area (Å²) < 4.78 is 10.1. The van der Waals surface area contributed by atoms with Gasteiger partial charge in [0.25, 0.3) is 0 Å². The van der Waals surface area contributed by atoms with Crippen LogP contribution >= 0.6 is 11.6 Å². The van der Waals surface area contributed by atoms with Crippen LogP contribution in [0.4, 0.5) is 0 Å². The number of hydrogen-bond donors (Lipinski definition) is 1. The number of carboxylic acid groups (broad SMARTS) is 1. The lowest BCUT2D eigenvalue weighted by atomic mass is 10.1. The highest BCUT2D eigenvalue weighted by molar-refractivity contribution is 6.34. The number of carboxylic acids is 1. The molecule has 0 fully saturated rings. The Hall–Kier alpha value is -1.42. The Morgan fingerprint density at radius 2 is 1.94 bits per heavy atom. The van der Waals surface area contributed by atoms with E-state index in [1.807, 2.05) is 6.92 Å². The van der Waals surface area contributed by atoms with Crippen LogP contribution in [0.25, 0.3) is 0 Å². The minimum atomic E-state index is -1.07. The molecule has 16 heavy (non-hydrogen) atoms. The van der Waals surface area contributed by atoms with E-state index >= 15 is 0 Å². The third kappa shape index (κ3) is 2.07. The third-order valence-electron chi connectivity index (χ3n) is 2.27. The van der Waals surface area contributed by atoms with Crippen LogP contribution in [0.15, 0.2) is 6.07 Å². The highest BCUT2D eigenvalue weighted by Crippen LogP contribution is 2.40. The van der Waals surface area contributed by atoms with Crippen molar-refractivity contribution in [1.29, 1.82) is 0 Å². The standard InChI is InChI=1S/C11H13ClO4/c1-4-6-5-7(11(13)14)10(16-3)8(12)9(6)15-2/h5H,4H2,1-3H3,(H,13,14). The van der Waals surface area contributed by atoms with Crippen molar-refractivity contribution in [3.63, 3.8) is 0 Å². The number of aromatic carboxylic acids is 1. The molecular formula is C11H13ClO4. The van der Waals surface area contributed by atoms with Gasteiger partial charge in [0.15, 0.2) is 5.75 Å². The number of rotatable bonds is 4. The zero-order valence-electron chi connectivity index (χ0n) is 9.33. The molecule has 0 saturated carbocycles. The molecule has 1 aromatic carbocycles. The summed E-state index contributed by atoms with van der Waals surface area (Å²) in [6.07, 6.45) is 0.632. The van der Waals surface area contributed by atoms with Gasteiger partial charge in [0, 0.05) is 0 Å². The fourth-order valence-electron chi connectivity index (χ4n) is 1.51. The molecule has 0 atom stereocenters. The van der Waals surface area contributed by atoms with E-state index in [0.29, 0.717) is 12.2 Å². The lowest BCUT2D eigenvalue weighted by molar-refractivity contribution is 0.0693. The summed E-state index contributed by atoms with van der Waals surface area (Å²) in [5.74, 6) is -0.481. The quantitative estimate of drug-likeness (QED) is 0.885. The highest BCUT2D eigenvalue weighted by atomic mass is 35.5. The van der Waals surface area contributed by atoms with E-state index in [0.717, 1.165) is 5.56 Å². The normalized spacial score (nSPS) is 10.0. The first kappa shape index (κ1) is 12.6. The summed E-state index contributed by atoms with van der Waals surface area (Å²) in [5.41, 5.74) is 0.788. The Morgan fingerprint density at radius 1 is 1.38 bits per heavy atom. The molecule has 0 amide bonds. The van der Waals surface area contributed by atoms with Crippen molar-refractivity contribution in [2.24, 2.45) is 0 Å². The smallest absolute Gasteiger partial charge is 0.339 e. The van der Waals surface area contributed by atoms with Gasteiger partial charge in [-0.05, 0) is 18.1 Å². The van der Waals surface area contributed by atoms with Crippen LogP contribution in [0.2, 0.25) is 5.02 Å². The second kappa shape index (κ2) is 5.07. The predicted molar refractivity (Wildman–Crippen MR) is 60.9 cm³/mol. The van der Waals surface area contributed by atoms with Crippen LogP contribution < -0.4 is 9.47 Å². The van der Waals surface area contributed by atoms with Crippen molar-refractivity contribution in [1.82, 2.24) is 0 Å². The lowest BCUT2D eigenvalue weighted by Crippen LogP contribution is -2.04. The molecule has 0 heterocycles. The van der Waals surface area contributed by atoms with Gasteiger partial charge in [0.2, 0.25) is 0 Å². The van der Waals surface area contributed by atoms with Gasteiger partial charge in [-0.15, -0.1) is 0 Å². The maximum Gasteiger partial charge on any atom is 0.339 e. The summed E-state index contributed by atoms with van der Waals surface area (Å²) in [7, 11) is 2.86. The molecule has 0 aliphatic carbocycles. The second-order valence-electron chi connectivity index (χ2n) is 3.12. The van der Waals surface area contributed by atoms with Crippen LogP contribution in [0.5, 0.6) is 11.5 Å². The molecule has 0 spiro atoms. The summed E-state index contributed by atoms with van der Waals surface area (Å²) in [5, 5.41) is 9.22. The first-order chi connectivity index (χ1) is 7.56. The Kier molecular flexibility index (Phi) is 4.01. The molecule has 4 nitrogen and oxygen atoms in total. The van der Waals surface area contributed by atoms with Crippen molar-refractivity contribution in [2.45, 2.75) is 13.3 Å². The molecule has 1 rings (SSSR count). The SMILES string of the molecule is CCc1cc(C(=O)O)c(OC)c(Cl)c1OC. The first-order valence-electron chi connectivity index (χ1n) is 4.73. The van der Waals surface area contributed by atoms with Crippen LogP contribution in [0.3, 0.4) is 0 Å². The molecular weight excluding hydrogens is 232 g/mol. The number of carbonyl (C=O) groups is 1. The van der Waals surface area contributed by atoms with Crippen LogP contribution in [-0.2, 0) is 6.42 Å². The van der Waals surface area contributed by atoms with Gasteiger partial charge < -0.3 is 14.6 Å².